The van der Waals surface area contributed by atoms with E-state index < -0.39 is 36.5 Å². The van der Waals surface area contributed by atoms with Crippen LogP contribution in [0.25, 0.3) is 11.3 Å². The lowest BCUT2D eigenvalue weighted by Crippen LogP contribution is -2.54. The monoisotopic (exact) mass is 776 g/mol. The lowest BCUT2D eigenvalue weighted by Gasteiger charge is -2.30. The van der Waals surface area contributed by atoms with Crippen molar-refractivity contribution in [1.29, 1.82) is 0 Å². The molecule has 2 saturated heterocycles. The number of amides is 4. The van der Waals surface area contributed by atoms with Crippen LogP contribution in [-0.2, 0) is 28.5 Å². The van der Waals surface area contributed by atoms with Crippen molar-refractivity contribution in [1.82, 2.24) is 40.4 Å². The number of ether oxygens (including phenoxy) is 4. The molecule has 16 nitrogen and oxygen atoms in total. The molecule has 2 aromatic heterocycles. The first-order chi connectivity index (χ1) is 27.1. The van der Waals surface area contributed by atoms with Gasteiger partial charge in [-0.15, -0.1) is 0 Å². The molecule has 1 saturated carbocycles. The quantitative estimate of drug-likeness (QED) is 0.182. The Morgan fingerprint density at radius 1 is 0.679 bits per heavy atom. The van der Waals surface area contributed by atoms with E-state index in [4.69, 9.17) is 23.9 Å². The van der Waals surface area contributed by atoms with Crippen LogP contribution in [0.1, 0.15) is 112 Å². The van der Waals surface area contributed by atoms with Crippen LogP contribution in [0, 0.1) is 0 Å². The molecule has 4 N–H and O–H groups in total. The van der Waals surface area contributed by atoms with Gasteiger partial charge in [-0.25, -0.2) is 19.6 Å². The third kappa shape index (κ3) is 8.86. The largest absolute Gasteiger partial charge is 0.453 e. The van der Waals surface area contributed by atoms with E-state index in [0.717, 1.165) is 74.1 Å². The first-order valence-electron chi connectivity index (χ1n) is 19.6. The second kappa shape index (κ2) is 18.3. The zero-order chi connectivity index (χ0) is 39.9. The molecule has 0 bridgehead atoms. The molecule has 4 amide bonds. The fourth-order valence-corrected chi connectivity index (χ4v) is 8.44. The summed E-state index contributed by atoms with van der Waals surface area (Å²) in [5, 5.41) is 5.27. The number of benzene rings is 1. The Balaban J connectivity index is 1.05. The van der Waals surface area contributed by atoms with Crippen molar-refractivity contribution in [2.24, 2.45) is 0 Å². The van der Waals surface area contributed by atoms with E-state index in [1.807, 2.05) is 12.4 Å². The predicted molar refractivity (Wildman–Crippen MR) is 206 cm³/mol. The molecular formula is C40H56N8O8. The van der Waals surface area contributed by atoms with Crippen molar-refractivity contribution < 1.29 is 38.1 Å². The van der Waals surface area contributed by atoms with Crippen LogP contribution in [0.3, 0.4) is 0 Å². The Hall–Kier alpha value is -4.96. The number of nitrogens with zero attached hydrogens (tertiary/aromatic N) is 4. The number of likely N-dealkylation sites (tertiary alicyclic amines) is 2. The number of rotatable bonds is 13. The van der Waals surface area contributed by atoms with Crippen molar-refractivity contribution in [3.8, 4) is 11.3 Å². The summed E-state index contributed by atoms with van der Waals surface area (Å²) in [6, 6.07) is 6.46. The number of aromatic nitrogens is 4. The molecule has 4 heterocycles. The second-order valence-corrected chi connectivity index (χ2v) is 15.1. The molecule has 6 atom stereocenters. The van der Waals surface area contributed by atoms with Crippen LogP contribution in [0.15, 0.2) is 36.7 Å². The summed E-state index contributed by atoms with van der Waals surface area (Å²) in [6.07, 6.45) is 8.67. The molecule has 1 aliphatic carbocycles. The van der Waals surface area contributed by atoms with Gasteiger partial charge in [-0.1, -0.05) is 24.3 Å². The highest BCUT2D eigenvalue weighted by atomic mass is 16.5. The van der Waals surface area contributed by atoms with Crippen LogP contribution in [0.5, 0.6) is 0 Å². The SMILES string of the molecule is COC(=O)N[C@H](C(=O)N1CCC[C@H]1c1ncc(-c2ccc([C@H]3CC[C@H](c4cnc([C@@H]5CCCN5C(=O)[C@@H](NC(=O)OC)[C@@H](C)OC)[nH]4)CC3)cc2)[nH]1)[C@@H](C)OC. The molecular weight excluding hydrogens is 720 g/mol. The van der Waals surface area contributed by atoms with Crippen LogP contribution in [0.2, 0.25) is 0 Å². The summed E-state index contributed by atoms with van der Waals surface area (Å²) in [7, 11) is 5.55. The number of nitrogens with one attached hydrogen (secondary N) is 4. The Bertz CT molecular complexity index is 1800. The van der Waals surface area contributed by atoms with E-state index in [-0.39, 0.29) is 23.9 Å². The highest BCUT2D eigenvalue weighted by Gasteiger charge is 2.40. The predicted octanol–water partition coefficient (Wildman–Crippen LogP) is 5.09. The molecule has 56 heavy (non-hydrogen) atoms. The lowest BCUT2D eigenvalue weighted by molar-refractivity contribution is -0.138. The average molecular weight is 777 g/mol. The number of alkyl carbamates (subject to hydrolysis) is 2. The van der Waals surface area contributed by atoms with E-state index in [0.29, 0.717) is 30.7 Å². The Kier molecular flexibility index (Phi) is 13.3. The molecule has 2 aliphatic heterocycles. The molecule has 304 valence electrons. The van der Waals surface area contributed by atoms with Gasteiger partial charge >= 0.3 is 12.2 Å². The lowest BCUT2D eigenvalue weighted by atomic mass is 9.77. The summed E-state index contributed by atoms with van der Waals surface area (Å²) in [5.74, 6) is 1.85. The van der Waals surface area contributed by atoms with E-state index in [1.54, 1.807) is 23.6 Å². The molecule has 3 fully saturated rings. The highest BCUT2D eigenvalue weighted by Crippen LogP contribution is 2.41. The number of carbonyl (C=O) groups is 4. The third-order valence-corrected chi connectivity index (χ3v) is 11.9. The molecule has 0 radical (unpaired) electrons. The van der Waals surface area contributed by atoms with E-state index >= 15 is 0 Å². The Morgan fingerprint density at radius 2 is 1.16 bits per heavy atom. The minimum absolute atomic E-state index is 0.199. The smallest absolute Gasteiger partial charge is 0.407 e. The van der Waals surface area contributed by atoms with Crippen LogP contribution < -0.4 is 10.6 Å². The third-order valence-electron chi connectivity index (χ3n) is 11.9. The van der Waals surface area contributed by atoms with Gasteiger partial charge in [0, 0.05) is 45.1 Å². The molecule has 0 spiro atoms. The fourth-order valence-electron chi connectivity index (χ4n) is 8.44. The molecule has 1 aromatic carbocycles. The van der Waals surface area contributed by atoms with E-state index in [1.165, 1.54) is 34.0 Å². The summed E-state index contributed by atoms with van der Waals surface area (Å²) in [4.78, 5) is 71.3. The molecule has 6 rings (SSSR count). The summed E-state index contributed by atoms with van der Waals surface area (Å²) in [5.41, 5.74) is 4.30. The van der Waals surface area contributed by atoms with Crippen LogP contribution >= 0.6 is 0 Å². The normalized spacial score (nSPS) is 23.2. The molecule has 3 aromatic rings. The van der Waals surface area contributed by atoms with Gasteiger partial charge in [0.15, 0.2) is 0 Å². The molecule has 0 unspecified atom stereocenters. The number of aromatic amines is 2. The number of hydrogen-bond acceptors (Lipinski definition) is 10. The number of carbonyl (C=O) groups excluding carboxylic acids is 4. The maximum Gasteiger partial charge on any atom is 0.407 e. The summed E-state index contributed by atoms with van der Waals surface area (Å²) >= 11 is 0. The Labute approximate surface area is 327 Å². The first-order valence-corrected chi connectivity index (χ1v) is 19.6. The number of imidazole rings is 2. The first kappa shape index (κ1) is 40.7. The van der Waals surface area contributed by atoms with Gasteiger partial charge in [0.05, 0.1) is 50.4 Å². The van der Waals surface area contributed by atoms with Gasteiger partial charge in [0.2, 0.25) is 11.8 Å². The number of H-pyrrole nitrogens is 2. The van der Waals surface area contributed by atoms with E-state index in [9.17, 15) is 19.2 Å². The van der Waals surface area contributed by atoms with Gasteiger partial charge < -0.3 is 49.3 Å². The van der Waals surface area contributed by atoms with Crippen molar-refractivity contribution >= 4 is 24.0 Å². The van der Waals surface area contributed by atoms with Crippen LogP contribution in [-0.4, -0.2) is 120 Å². The minimum atomic E-state index is -0.884. The Morgan fingerprint density at radius 3 is 1.66 bits per heavy atom. The maximum absolute atomic E-state index is 13.6. The minimum Gasteiger partial charge on any atom is -0.453 e. The van der Waals surface area contributed by atoms with Gasteiger partial charge in [0.25, 0.3) is 0 Å². The van der Waals surface area contributed by atoms with E-state index in [2.05, 4.69) is 49.9 Å². The number of hydrogen-bond donors (Lipinski definition) is 4. The number of methoxy groups -OCH3 is 4. The molecule has 3 aliphatic rings. The van der Waals surface area contributed by atoms with Crippen LogP contribution in [0.4, 0.5) is 9.59 Å². The van der Waals surface area contributed by atoms with Gasteiger partial charge in [-0.2, -0.15) is 0 Å². The highest BCUT2D eigenvalue weighted by molar-refractivity contribution is 5.87. The van der Waals surface area contributed by atoms with Gasteiger partial charge in [-0.05, 0) is 82.3 Å². The zero-order valence-corrected chi connectivity index (χ0v) is 33.2. The summed E-state index contributed by atoms with van der Waals surface area (Å²) < 4.78 is 20.3. The maximum atomic E-state index is 13.6. The van der Waals surface area contributed by atoms with Crippen molar-refractivity contribution in [3.05, 3.63) is 59.6 Å². The van der Waals surface area contributed by atoms with Gasteiger partial charge in [-0.3, -0.25) is 9.59 Å². The topological polar surface area (TPSA) is 193 Å². The van der Waals surface area contributed by atoms with Crippen molar-refractivity contribution in [3.63, 3.8) is 0 Å². The van der Waals surface area contributed by atoms with Gasteiger partial charge in [0.1, 0.15) is 23.7 Å². The van der Waals surface area contributed by atoms with Crippen molar-refractivity contribution in [2.45, 2.75) is 113 Å². The molecule has 16 heteroatoms. The second-order valence-electron chi connectivity index (χ2n) is 15.1. The standard InChI is InChI=1S/C40H56N8O8/c1-23(53-3)33(45-39(51)55-5)37(49)47-19-7-9-31(47)35-41-21-29(43-35)27-15-11-25(12-16-27)26-13-17-28(18-14-26)30-22-42-36(44-30)32-10-8-20-48(32)38(50)34(24(2)54-4)46-40(52)56-6/h11-12,15-16,21-24,26,28,31-34H,7-10,13-14,17-20H2,1-6H3,(H,41,43)(H,42,44)(H,45,51)(H,46,52)/t23-,24-,26-,28-,31+,32+,33+,34+/m1/s1. The average Bonchev–Trinajstić information content (AvgIpc) is 4.08. The summed E-state index contributed by atoms with van der Waals surface area (Å²) in [6.45, 7) is 4.63. The van der Waals surface area contributed by atoms with Crippen molar-refractivity contribution in [2.75, 3.05) is 41.5 Å². The zero-order valence-electron chi connectivity index (χ0n) is 33.2. The fraction of sp³-hybridized carbons (Fsp3) is 0.600.